The highest BCUT2D eigenvalue weighted by Gasteiger charge is 2.30. The van der Waals surface area contributed by atoms with Crippen molar-refractivity contribution in [1.82, 2.24) is 10.0 Å². The first kappa shape index (κ1) is 10.4. The van der Waals surface area contributed by atoms with E-state index in [0.717, 1.165) is 25.9 Å². The van der Waals surface area contributed by atoms with Gasteiger partial charge in [0, 0.05) is 26.2 Å². The lowest BCUT2D eigenvalue weighted by Crippen LogP contribution is -2.52. The van der Waals surface area contributed by atoms with E-state index in [9.17, 15) is 5.11 Å². The molecule has 2 rings (SSSR count). The third-order valence-corrected chi connectivity index (χ3v) is 3.55. The molecule has 0 unspecified atom stereocenters. The van der Waals surface area contributed by atoms with Crippen LogP contribution in [0.15, 0.2) is 0 Å². The van der Waals surface area contributed by atoms with Crippen LogP contribution in [0, 0.1) is 0 Å². The Morgan fingerprint density at radius 2 is 1.36 bits per heavy atom. The second kappa shape index (κ2) is 4.17. The van der Waals surface area contributed by atoms with E-state index in [2.05, 4.69) is 10.0 Å². The van der Waals surface area contributed by atoms with Crippen LogP contribution in [-0.2, 0) is 0 Å². The minimum Gasteiger partial charge on any atom is -0.390 e. The Morgan fingerprint density at radius 3 is 1.93 bits per heavy atom. The van der Waals surface area contributed by atoms with Crippen molar-refractivity contribution in [3.05, 3.63) is 0 Å². The molecule has 3 heteroatoms. The van der Waals surface area contributed by atoms with Crippen LogP contribution in [0.5, 0.6) is 0 Å². The fraction of sp³-hybridized carbons (Fsp3) is 1.00. The Morgan fingerprint density at radius 1 is 0.857 bits per heavy atom. The van der Waals surface area contributed by atoms with Crippen LogP contribution in [0.25, 0.3) is 0 Å². The van der Waals surface area contributed by atoms with E-state index in [0.29, 0.717) is 0 Å². The highest BCUT2D eigenvalue weighted by Crippen LogP contribution is 2.23. The molecule has 2 aliphatic heterocycles. The van der Waals surface area contributed by atoms with E-state index in [1.807, 2.05) is 6.92 Å². The summed E-state index contributed by atoms with van der Waals surface area (Å²) in [7, 11) is 0. The summed E-state index contributed by atoms with van der Waals surface area (Å²) in [6.45, 7) is 6.48. The smallest absolute Gasteiger partial charge is 0.0645 e. The molecule has 0 aromatic carbocycles. The molecule has 0 aromatic heterocycles. The lowest BCUT2D eigenvalue weighted by atomic mass is 9.94. The molecule has 0 saturated carbocycles. The van der Waals surface area contributed by atoms with Crippen molar-refractivity contribution in [1.29, 1.82) is 0 Å². The van der Waals surface area contributed by atoms with Crippen molar-refractivity contribution >= 4 is 0 Å². The molecule has 3 nitrogen and oxygen atoms in total. The summed E-state index contributed by atoms with van der Waals surface area (Å²) < 4.78 is 0. The SMILES string of the molecule is CC1(O)CCN(N2CCCCC2)CC1. The first-order valence-corrected chi connectivity index (χ1v) is 5.90. The second-order valence-electron chi connectivity index (χ2n) is 4.96. The number of piperidine rings is 2. The maximum atomic E-state index is 9.85. The van der Waals surface area contributed by atoms with E-state index < -0.39 is 5.60 Å². The molecule has 14 heavy (non-hydrogen) atoms. The number of hydrogen-bond acceptors (Lipinski definition) is 3. The van der Waals surface area contributed by atoms with Gasteiger partial charge in [0.25, 0.3) is 0 Å². The van der Waals surface area contributed by atoms with E-state index in [1.54, 1.807) is 0 Å². The molecular formula is C11H22N2O. The Balaban J connectivity index is 1.82. The monoisotopic (exact) mass is 198 g/mol. The van der Waals surface area contributed by atoms with E-state index in [1.165, 1.54) is 32.4 Å². The van der Waals surface area contributed by atoms with Gasteiger partial charge in [-0.2, -0.15) is 0 Å². The highest BCUT2D eigenvalue weighted by molar-refractivity contribution is 4.81. The predicted molar refractivity (Wildman–Crippen MR) is 56.9 cm³/mol. The topological polar surface area (TPSA) is 26.7 Å². The van der Waals surface area contributed by atoms with Gasteiger partial charge in [0.1, 0.15) is 0 Å². The van der Waals surface area contributed by atoms with Crippen LogP contribution in [0.2, 0.25) is 0 Å². The van der Waals surface area contributed by atoms with Crippen molar-refractivity contribution in [3.63, 3.8) is 0 Å². The van der Waals surface area contributed by atoms with Crippen molar-refractivity contribution in [2.24, 2.45) is 0 Å². The molecular weight excluding hydrogens is 176 g/mol. The first-order chi connectivity index (χ1) is 6.67. The number of hydrogen-bond donors (Lipinski definition) is 1. The van der Waals surface area contributed by atoms with E-state index in [4.69, 9.17) is 0 Å². The molecule has 2 aliphatic rings. The highest BCUT2D eigenvalue weighted by atomic mass is 16.3. The van der Waals surface area contributed by atoms with Crippen molar-refractivity contribution in [3.8, 4) is 0 Å². The quantitative estimate of drug-likeness (QED) is 0.686. The standard InChI is InChI=1S/C11H22N2O/c1-11(14)5-9-13(10-6-11)12-7-3-2-4-8-12/h14H,2-10H2,1H3. The number of hydrazine groups is 1. The zero-order chi connectivity index (χ0) is 10.0. The molecule has 0 aromatic rings. The van der Waals surface area contributed by atoms with Crippen molar-refractivity contribution in [2.75, 3.05) is 26.2 Å². The summed E-state index contributed by atoms with van der Waals surface area (Å²) in [5.41, 5.74) is -0.410. The van der Waals surface area contributed by atoms with Gasteiger partial charge in [-0.1, -0.05) is 6.42 Å². The normalized spacial score (nSPS) is 30.4. The molecule has 0 bridgehead atoms. The summed E-state index contributed by atoms with van der Waals surface area (Å²) in [5.74, 6) is 0. The van der Waals surface area contributed by atoms with Gasteiger partial charge in [-0.25, -0.2) is 10.0 Å². The van der Waals surface area contributed by atoms with Crippen LogP contribution in [0.1, 0.15) is 39.0 Å². The van der Waals surface area contributed by atoms with Gasteiger partial charge in [-0.15, -0.1) is 0 Å². The van der Waals surface area contributed by atoms with Gasteiger partial charge in [0.05, 0.1) is 5.60 Å². The first-order valence-electron chi connectivity index (χ1n) is 5.90. The molecule has 2 saturated heterocycles. The van der Waals surface area contributed by atoms with Crippen LogP contribution in [-0.4, -0.2) is 46.9 Å². The van der Waals surface area contributed by atoms with Crippen LogP contribution >= 0.6 is 0 Å². The fourth-order valence-corrected chi connectivity index (χ4v) is 2.42. The molecule has 0 aliphatic carbocycles. The minimum atomic E-state index is -0.410. The van der Waals surface area contributed by atoms with Gasteiger partial charge in [0.15, 0.2) is 0 Å². The van der Waals surface area contributed by atoms with Crippen molar-refractivity contribution < 1.29 is 5.11 Å². The summed E-state index contributed by atoms with van der Waals surface area (Å²) in [6, 6.07) is 0. The average molecular weight is 198 g/mol. The number of nitrogens with zero attached hydrogens (tertiary/aromatic N) is 2. The van der Waals surface area contributed by atoms with Crippen LogP contribution < -0.4 is 0 Å². The summed E-state index contributed by atoms with van der Waals surface area (Å²) in [6.07, 6.45) is 5.91. The fourth-order valence-electron chi connectivity index (χ4n) is 2.42. The second-order valence-corrected chi connectivity index (χ2v) is 4.96. The third-order valence-electron chi connectivity index (χ3n) is 3.55. The lowest BCUT2D eigenvalue weighted by Gasteiger charge is -2.43. The maximum Gasteiger partial charge on any atom is 0.0645 e. The molecule has 0 amide bonds. The molecule has 1 N–H and O–H groups in total. The number of aliphatic hydroxyl groups is 1. The average Bonchev–Trinajstić information content (AvgIpc) is 2.19. The zero-order valence-corrected chi connectivity index (χ0v) is 9.21. The Bertz CT molecular complexity index is 178. The largest absolute Gasteiger partial charge is 0.390 e. The van der Waals surface area contributed by atoms with Crippen LogP contribution in [0.4, 0.5) is 0 Å². The summed E-state index contributed by atoms with van der Waals surface area (Å²) in [5, 5.41) is 14.8. The molecule has 0 atom stereocenters. The van der Waals surface area contributed by atoms with E-state index >= 15 is 0 Å². The molecule has 82 valence electrons. The Labute approximate surface area is 86.7 Å². The molecule has 0 radical (unpaired) electrons. The molecule has 0 spiro atoms. The number of rotatable bonds is 1. The van der Waals surface area contributed by atoms with Gasteiger partial charge in [-0.05, 0) is 32.6 Å². The Hall–Kier alpha value is -0.120. The van der Waals surface area contributed by atoms with Gasteiger partial charge >= 0.3 is 0 Å². The molecule has 2 fully saturated rings. The third kappa shape index (κ3) is 2.47. The summed E-state index contributed by atoms with van der Waals surface area (Å²) in [4.78, 5) is 0. The van der Waals surface area contributed by atoms with Gasteiger partial charge in [-0.3, -0.25) is 0 Å². The Kier molecular flexibility index (Phi) is 3.10. The van der Waals surface area contributed by atoms with Gasteiger partial charge in [0.2, 0.25) is 0 Å². The summed E-state index contributed by atoms with van der Waals surface area (Å²) >= 11 is 0. The maximum absolute atomic E-state index is 9.85. The van der Waals surface area contributed by atoms with Crippen molar-refractivity contribution in [2.45, 2.75) is 44.6 Å². The predicted octanol–water partition coefficient (Wildman–Crippen LogP) is 1.23. The lowest BCUT2D eigenvalue weighted by molar-refractivity contribution is -0.100. The van der Waals surface area contributed by atoms with Crippen LogP contribution in [0.3, 0.4) is 0 Å². The molecule has 2 heterocycles. The van der Waals surface area contributed by atoms with Gasteiger partial charge < -0.3 is 5.11 Å². The van der Waals surface area contributed by atoms with E-state index in [-0.39, 0.29) is 0 Å². The minimum absolute atomic E-state index is 0.410. The zero-order valence-electron chi connectivity index (χ0n) is 9.21.